The largest absolute Gasteiger partial charge is 0.494 e. The summed E-state index contributed by atoms with van der Waals surface area (Å²) in [6.45, 7) is 1.88. The zero-order valence-electron chi connectivity index (χ0n) is 19.6. The van der Waals surface area contributed by atoms with Crippen LogP contribution in [0.15, 0.2) is 71.0 Å². The number of amidine groups is 1. The minimum absolute atomic E-state index is 0.0461. The molecule has 5 rings (SSSR count). The summed E-state index contributed by atoms with van der Waals surface area (Å²) in [5.41, 5.74) is 5.11. The summed E-state index contributed by atoms with van der Waals surface area (Å²) in [6, 6.07) is 6.21. The maximum Gasteiger partial charge on any atom is 0.242 e. The molecule has 0 bridgehead atoms. The minimum Gasteiger partial charge on any atom is -0.494 e. The zero-order valence-corrected chi connectivity index (χ0v) is 20.4. The molecule has 0 saturated carbocycles. The van der Waals surface area contributed by atoms with Gasteiger partial charge in [0.05, 0.1) is 48.0 Å². The average Bonchev–Trinajstić information content (AvgIpc) is 3.22. The van der Waals surface area contributed by atoms with Crippen LogP contribution in [0.5, 0.6) is 5.75 Å². The van der Waals surface area contributed by atoms with Crippen LogP contribution >= 0.6 is 11.6 Å². The SMILES string of the molecule is COc1cc(NC2=CC(Cl)=CN3C2=NNC(=O)CC3c2cc(F)c(F)c(F)c2)ccc1-n1cnc(C)c1. The molecule has 3 aromatic rings. The number of aromatic nitrogens is 2. The molecule has 12 heteroatoms. The van der Waals surface area contributed by atoms with Crippen molar-refractivity contribution >= 4 is 29.0 Å². The second-order valence-electron chi connectivity index (χ2n) is 8.40. The Morgan fingerprint density at radius 1 is 1.19 bits per heavy atom. The van der Waals surface area contributed by atoms with Gasteiger partial charge in [0.2, 0.25) is 5.91 Å². The van der Waals surface area contributed by atoms with E-state index in [-0.39, 0.29) is 22.9 Å². The van der Waals surface area contributed by atoms with Crippen molar-refractivity contribution in [2.45, 2.75) is 19.4 Å². The number of nitrogens with zero attached hydrogens (tertiary/aromatic N) is 4. The van der Waals surface area contributed by atoms with Crippen LogP contribution in [0.2, 0.25) is 0 Å². The number of carbonyl (C=O) groups excluding carboxylic acids is 1. The van der Waals surface area contributed by atoms with Crippen molar-refractivity contribution in [3.05, 3.63) is 94.6 Å². The van der Waals surface area contributed by atoms with Crippen LogP contribution in [-0.4, -0.2) is 33.3 Å². The third kappa shape index (κ3) is 4.77. The van der Waals surface area contributed by atoms with Crippen molar-refractivity contribution in [3.63, 3.8) is 0 Å². The quantitative estimate of drug-likeness (QED) is 0.462. The smallest absolute Gasteiger partial charge is 0.242 e. The molecule has 2 aliphatic rings. The van der Waals surface area contributed by atoms with Crippen LogP contribution in [0, 0.1) is 24.4 Å². The Morgan fingerprint density at radius 3 is 2.62 bits per heavy atom. The third-order valence-corrected chi connectivity index (χ3v) is 6.08. The molecule has 3 heterocycles. The number of methoxy groups -OCH3 is 1. The lowest BCUT2D eigenvalue weighted by Crippen LogP contribution is -2.35. The van der Waals surface area contributed by atoms with Crippen molar-refractivity contribution in [2.75, 3.05) is 12.4 Å². The van der Waals surface area contributed by atoms with Crippen molar-refractivity contribution in [1.29, 1.82) is 0 Å². The first-order valence-electron chi connectivity index (χ1n) is 11.1. The third-order valence-electron chi connectivity index (χ3n) is 5.87. The van der Waals surface area contributed by atoms with E-state index in [1.807, 2.05) is 29.8 Å². The first kappa shape index (κ1) is 24.4. The van der Waals surface area contributed by atoms with Gasteiger partial charge in [-0.1, -0.05) is 11.6 Å². The lowest BCUT2D eigenvalue weighted by molar-refractivity contribution is -0.121. The number of hydrazone groups is 1. The number of halogens is 4. The fourth-order valence-electron chi connectivity index (χ4n) is 4.18. The Labute approximate surface area is 214 Å². The van der Waals surface area contributed by atoms with Gasteiger partial charge in [0.15, 0.2) is 23.3 Å². The summed E-state index contributed by atoms with van der Waals surface area (Å²) >= 11 is 6.39. The maximum atomic E-state index is 14.0. The van der Waals surface area contributed by atoms with Crippen LogP contribution in [0.25, 0.3) is 5.69 Å². The summed E-state index contributed by atoms with van der Waals surface area (Å²) in [4.78, 5) is 18.2. The van der Waals surface area contributed by atoms with E-state index < -0.39 is 29.4 Å². The van der Waals surface area contributed by atoms with E-state index in [1.165, 1.54) is 11.1 Å². The highest BCUT2D eigenvalue weighted by Crippen LogP contribution is 2.35. The van der Waals surface area contributed by atoms with Gasteiger partial charge in [-0.2, -0.15) is 5.10 Å². The van der Waals surface area contributed by atoms with Gasteiger partial charge in [0, 0.05) is 24.2 Å². The molecule has 0 spiro atoms. The van der Waals surface area contributed by atoms with Crippen molar-refractivity contribution in [1.82, 2.24) is 19.9 Å². The highest BCUT2D eigenvalue weighted by Gasteiger charge is 2.33. The second-order valence-corrected chi connectivity index (χ2v) is 8.84. The predicted molar refractivity (Wildman–Crippen MR) is 132 cm³/mol. The van der Waals surface area contributed by atoms with E-state index in [2.05, 4.69) is 20.8 Å². The molecular formula is C25H20ClF3N6O2. The standard InChI is InChI=1S/C25H20ClF3N6O2/c1-13-10-34(12-30-13)20-4-3-16(8-22(20)37-2)31-19-7-15(26)11-35-21(9-23(36)32-33-25(19)35)14-5-17(27)24(29)18(28)6-14/h3-8,10-12,21,31H,9H2,1-2H3,(H,32,36). The molecule has 2 aromatic carbocycles. The number of amides is 1. The number of anilines is 1. The molecule has 190 valence electrons. The number of aryl methyl sites for hydroxylation is 1. The molecule has 0 fully saturated rings. The Hall–Kier alpha value is -4.25. The molecule has 8 nitrogen and oxygen atoms in total. The first-order chi connectivity index (χ1) is 17.7. The molecule has 1 unspecified atom stereocenters. The molecule has 1 atom stereocenters. The van der Waals surface area contributed by atoms with Crippen LogP contribution in [0.4, 0.5) is 18.9 Å². The van der Waals surface area contributed by atoms with E-state index in [0.29, 0.717) is 17.1 Å². The van der Waals surface area contributed by atoms with Crippen molar-refractivity contribution in [2.24, 2.45) is 5.10 Å². The number of imidazole rings is 1. The number of rotatable bonds is 5. The van der Waals surface area contributed by atoms with E-state index in [0.717, 1.165) is 23.5 Å². The van der Waals surface area contributed by atoms with E-state index in [1.54, 1.807) is 25.6 Å². The number of fused-ring (bicyclic) bond motifs is 1. The summed E-state index contributed by atoms with van der Waals surface area (Å²) in [5, 5.41) is 7.67. The monoisotopic (exact) mass is 528 g/mol. The van der Waals surface area contributed by atoms with E-state index >= 15 is 0 Å². The molecule has 0 saturated heterocycles. The molecule has 0 radical (unpaired) electrons. The molecule has 0 aliphatic carbocycles. The summed E-state index contributed by atoms with van der Waals surface area (Å²) in [5.74, 6) is -4.02. The Bertz CT molecular complexity index is 1480. The number of carbonyl (C=O) groups is 1. The number of ether oxygens (including phenoxy) is 1. The average molecular weight is 529 g/mol. The number of nitrogens with one attached hydrogen (secondary N) is 2. The van der Waals surface area contributed by atoms with Gasteiger partial charge in [0.25, 0.3) is 0 Å². The van der Waals surface area contributed by atoms with Gasteiger partial charge >= 0.3 is 0 Å². The van der Waals surface area contributed by atoms with Gasteiger partial charge < -0.3 is 19.5 Å². The Morgan fingerprint density at radius 2 is 1.95 bits per heavy atom. The minimum atomic E-state index is -1.59. The molecule has 1 amide bonds. The molecular weight excluding hydrogens is 509 g/mol. The van der Waals surface area contributed by atoms with Gasteiger partial charge in [-0.3, -0.25) is 4.79 Å². The topological polar surface area (TPSA) is 83.8 Å². The number of benzene rings is 2. The first-order valence-corrected chi connectivity index (χ1v) is 11.5. The second kappa shape index (κ2) is 9.66. The van der Waals surface area contributed by atoms with Crippen molar-refractivity contribution in [3.8, 4) is 11.4 Å². The number of hydrogen-bond acceptors (Lipinski definition) is 6. The Balaban J connectivity index is 1.50. The normalized spacial score (nSPS) is 17.2. The van der Waals surface area contributed by atoms with E-state index in [4.69, 9.17) is 16.3 Å². The Kier molecular flexibility index (Phi) is 6.38. The maximum absolute atomic E-state index is 14.0. The molecule has 2 N–H and O–H groups in total. The van der Waals surface area contributed by atoms with Gasteiger partial charge in [-0.15, -0.1) is 0 Å². The summed E-state index contributed by atoms with van der Waals surface area (Å²) in [6.07, 6.45) is 6.41. The summed E-state index contributed by atoms with van der Waals surface area (Å²) < 4.78 is 49.1. The number of hydrogen-bond donors (Lipinski definition) is 2. The molecule has 1 aromatic heterocycles. The molecule has 2 aliphatic heterocycles. The van der Waals surface area contributed by atoms with Crippen LogP contribution in [-0.2, 0) is 4.79 Å². The van der Waals surface area contributed by atoms with Gasteiger partial charge in [-0.25, -0.2) is 23.6 Å². The van der Waals surface area contributed by atoms with Crippen LogP contribution in [0.3, 0.4) is 0 Å². The van der Waals surface area contributed by atoms with Gasteiger partial charge in [-0.05, 0) is 42.8 Å². The van der Waals surface area contributed by atoms with Crippen LogP contribution < -0.4 is 15.5 Å². The lowest BCUT2D eigenvalue weighted by atomic mass is 10.00. The fraction of sp³-hybridized carbons (Fsp3) is 0.160. The highest BCUT2D eigenvalue weighted by atomic mass is 35.5. The zero-order chi connectivity index (χ0) is 26.3. The van der Waals surface area contributed by atoms with Gasteiger partial charge in [0.1, 0.15) is 5.75 Å². The summed E-state index contributed by atoms with van der Waals surface area (Å²) in [7, 11) is 1.55. The highest BCUT2D eigenvalue weighted by molar-refractivity contribution is 6.32. The lowest BCUT2D eigenvalue weighted by Gasteiger charge is -2.33. The fourth-order valence-corrected chi connectivity index (χ4v) is 4.39. The van der Waals surface area contributed by atoms with Crippen LogP contribution in [0.1, 0.15) is 23.7 Å². The predicted octanol–water partition coefficient (Wildman–Crippen LogP) is 4.87. The molecule has 37 heavy (non-hydrogen) atoms. The number of allylic oxidation sites excluding steroid dienone is 2. The van der Waals surface area contributed by atoms with E-state index in [9.17, 15) is 18.0 Å². The van der Waals surface area contributed by atoms with Crippen molar-refractivity contribution < 1.29 is 22.7 Å².